The number of carbonyl (C=O) groups is 4. The van der Waals surface area contributed by atoms with Gasteiger partial charge in [0.15, 0.2) is 0 Å². The molecule has 0 saturated carbocycles. The maximum atomic E-state index is 13.5. The van der Waals surface area contributed by atoms with E-state index in [4.69, 9.17) is 0 Å². The van der Waals surface area contributed by atoms with Gasteiger partial charge >= 0.3 is 6.18 Å². The number of imide groups is 1. The number of likely N-dealkylation sites (N-methyl/N-ethyl adjacent to an activating group) is 1. The molecule has 0 radical (unpaired) electrons. The van der Waals surface area contributed by atoms with Crippen molar-refractivity contribution in [3.8, 4) is 0 Å². The number of rotatable bonds is 4. The Balaban J connectivity index is 1.56. The van der Waals surface area contributed by atoms with Crippen LogP contribution in [-0.2, 0) is 20.6 Å². The fourth-order valence-corrected chi connectivity index (χ4v) is 4.83. The summed E-state index contributed by atoms with van der Waals surface area (Å²) in [5.41, 5.74) is 0.484. The lowest BCUT2D eigenvalue weighted by atomic mass is 9.81. The number of halogens is 3. The van der Waals surface area contributed by atoms with Gasteiger partial charge in [0.2, 0.25) is 17.7 Å². The van der Waals surface area contributed by atoms with Crippen molar-refractivity contribution >= 4 is 35.0 Å². The molecule has 1 aromatic heterocycles. The normalized spacial score (nSPS) is 19.8. The van der Waals surface area contributed by atoms with Crippen LogP contribution in [-0.4, -0.2) is 40.6 Å². The molecule has 38 heavy (non-hydrogen) atoms. The Labute approximate surface area is 215 Å². The Morgan fingerprint density at radius 2 is 1.63 bits per heavy atom. The lowest BCUT2D eigenvalue weighted by molar-refractivity contribution is -0.139. The highest BCUT2D eigenvalue weighted by atomic mass is 19.4. The van der Waals surface area contributed by atoms with Gasteiger partial charge in [-0.25, -0.2) is 0 Å². The average molecular weight is 522 g/mol. The first-order chi connectivity index (χ1) is 18.0. The Kier molecular flexibility index (Phi) is 6.01. The van der Waals surface area contributed by atoms with Gasteiger partial charge in [-0.15, -0.1) is 0 Å². The van der Waals surface area contributed by atoms with Gasteiger partial charge < -0.3 is 5.32 Å². The van der Waals surface area contributed by atoms with E-state index in [1.165, 1.54) is 25.2 Å². The molecule has 4 amide bonds. The number of anilines is 2. The molecule has 0 spiro atoms. The van der Waals surface area contributed by atoms with Gasteiger partial charge in [-0.2, -0.15) is 13.2 Å². The van der Waals surface area contributed by atoms with Crippen LogP contribution in [0, 0.1) is 5.92 Å². The molecular formula is C27H21F3N4O4. The summed E-state index contributed by atoms with van der Waals surface area (Å²) < 4.78 is 39.3. The molecule has 2 aliphatic rings. The Bertz CT molecular complexity index is 1460. The maximum Gasteiger partial charge on any atom is 0.416 e. The number of likely N-dealkylation sites (tertiary alicyclic amines) is 1. The molecule has 0 bridgehead atoms. The number of pyridine rings is 1. The second-order valence-corrected chi connectivity index (χ2v) is 9.13. The second kappa shape index (κ2) is 9.09. The van der Waals surface area contributed by atoms with E-state index in [-0.39, 0.29) is 22.5 Å². The first-order valence-electron chi connectivity index (χ1n) is 11.7. The van der Waals surface area contributed by atoms with E-state index >= 15 is 0 Å². The molecule has 0 aliphatic carbocycles. The van der Waals surface area contributed by atoms with E-state index in [2.05, 4.69) is 10.3 Å². The smallest absolute Gasteiger partial charge is 0.344 e. The van der Waals surface area contributed by atoms with Gasteiger partial charge in [-0.3, -0.25) is 34.0 Å². The molecule has 2 aromatic carbocycles. The fraction of sp³-hybridized carbons (Fsp3) is 0.222. The SMILES string of the molecule is C[C@H](NC(=O)c1ccc2c(c1)C1C(=O)N(C)C(=O)C1C(=O)N2c1ccc(C(F)(F)F)cc1)c1ccccn1. The zero-order valence-electron chi connectivity index (χ0n) is 20.2. The number of hydrogen-bond acceptors (Lipinski definition) is 5. The van der Waals surface area contributed by atoms with Crippen LogP contribution in [0.15, 0.2) is 66.9 Å². The standard InChI is InChI=1S/C27H21F3N4O4/c1-14(19-5-3-4-12-31-19)32-23(35)15-6-11-20-18(13-15)21-22(25(37)33(2)24(21)36)26(38)34(20)17-9-7-16(8-10-17)27(28,29)30/h3-14,21-22H,1-2H3,(H,32,35)/t14-,21?,22?/m0/s1. The van der Waals surface area contributed by atoms with E-state index in [1.54, 1.807) is 31.3 Å². The minimum atomic E-state index is -4.57. The van der Waals surface area contributed by atoms with Crippen molar-refractivity contribution in [2.24, 2.45) is 5.92 Å². The zero-order valence-corrected chi connectivity index (χ0v) is 20.2. The van der Waals surface area contributed by atoms with Crippen molar-refractivity contribution in [1.82, 2.24) is 15.2 Å². The molecule has 2 aliphatic heterocycles. The van der Waals surface area contributed by atoms with Crippen LogP contribution < -0.4 is 10.2 Å². The minimum absolute atomic E-state index is 0.0958. The monoisotopic (exact) mass is 522 g/mol. The molecule has 2 unspecified atom stereocenters. The van der Waals surface area contributed by atoms with E-state index in [0.29, 0.717) is 5.69 Å². The van der Waals surface area contributed by atoms with Crippen LogP contribution in [0.5, 0.6) is 0 Å². The van der Waals surface area contributed by atoms with Crippen molar-refractivity contribution < 1.29 is 32.3 Å². The van der Waals surface area contributed by atoms with Crippen molar-refractivity contribution in [3.63, 3.8) is 0 Å². The number of amides is 4. The Hall–Kier alpha value is -4.54. The second-order valence-electron chi connectivity index (χ2n) is 9.13. The topological polar surface area (TPSA) is 99.7 Å². The summed E-state index contributed by atoms with van der Waals surface area (Å²) >= 11 is 0. The van der Waals surface area contributed by atoms with Crippen LogP contribution in [0.2, 0.25) is 0 Å². The molecule has 8 nitrogen and oxygen atoms in total. The minimum Gasteiger partial charge on any atom is -0.344 e. The van der Waals surface area contributed by atoms with Crippen molar-refractivity contribution in [2.45, 2.75) is 25.1 Å². The summed E-state index contributed by atoms with van der Waals surface area (Å²) in [7, 11) is 1.27. The van der Waals surface area contributed by atoms with Crippen molar-refractivity contribution in [2.75, 3.05) is 11.9 Å². The molecule has 3 heterocycles. The number of aromatic nitrogens is 1. The number of fused-ring (bicyclic) bond motifs is 3. The van der Waals surface area contributed by atoms with E-state index in [1.807, 2.05) is 0 Å². The molecule has 1 N–H and O–H groups in total. The molecule has 1 saturated heterocycles. The number of alkyl halides is 3. The molecule has 11 heteroatoms. The van der Waals surface area contributed by atoms with Crippen LogP contribution in [0.25, 0.3) is 0 Å². The number of hydrogen-bond donors (Lipinski definition) is 1. The van der Waals surface area contributed by atoms with Gasteiger partial charge in [0.25, 0.3) is 5.91 Å². The lowest BCUT2D eigenvalue weighted by Crippen LogP contribution is -2.42. The van der Waals surface area contributed by atoms with Gasteiger partial charge in [0.1, 0.15) is 5.92 Å². The van der Waals surface area contributed by atoms with Crippen LogP contribution in [0.4, 0.5) is 24.5 Å². The first-order valence-corrected chi connectivity index (χ1v) is 11.7. The summed E-state index contributed by atoms with van der Waals surface area (Å²) in [6.45, 7) is 1.76. The van der Waals surface area contributed by atoms with Gasteiger partial charge in [0.05, 0.1) is 28.9 Å². The van der Waals surface area contributed by atoms with Crippen LogP contribution >= 0.6 is 0 Å². The third kappa shape index (κ3) is 4.09. The number of benzene rings is 2. The molecule has 3 atom stereocenters. The van der Waals surface area contributed by atoms with Crippen molar-refractivity contribution in [1.29, 1.82) is 0 Å². The first kappa shape index (κ1) is 25.1. The van der Waals surface area contributed by atoms with Crippen molar-refractivity contribution in [3.05, 3.63) is 89.2 Å². The summed E-state index contributed by atoms with van der Waals surface area (Å²) in [5, 5.41) is 2.83. The predicted octanol–water partition coefficient (Wildman–Crippen LogP) is 3.97. The average Bonchev–Trinajstić information content (AvgIpc) is 3.13. The highest BCUT2D eigenvalue weighted by Crippen LogP contribution is 2.47. The summed E-state index contributed by atoms with van der Waals surface area (Å²) in [6, 6.07) is 13.2. The van der Waals surface area contributed by atoms with Crippen LogP contribution in [0.3, 0.4) is 0 Å². The van der Waals surface area contributed by atoms with E-state index in [9.17, 15) is 32.3 Å². The van der Waals surface area contributed by atoms with E-state index < -0.39 is 53.2 Å². The fourth-order valence-electron chi connectivity index (χ4n) is 4.83. The number of carbonyl (C=O) groups excluding carboxylic acids is 4. The third-order valence-corrected chi connectivity index (χ3v) is 6.81. The van der Waals surface area contributed by atoms with E-state index in [0.717, 1.165) is 34.1 Å². The molecule has 194 valence electrons. The van der Waals surface area contributed by atoms with Gasteiger partial charge in [0, 0.05) is 24.5 Å². The number of nitrogens with zero attached hydrogens (tertiary/aromatic N) is 3. The van der Waals surface area contributed by atoms with Crippen LogP contribution in [0.1, 0.15) is 46.1 Å². The third-order valence-electron chi connectivity index (χ3n) is 6.81. The molecule has 1 fully saturated rings. The summed E-state index contributed by atoms with van der Waals surface area (Å²) in [6.07, 6.45) is -2.97. The maximum absolute atomic E-state index is 13.5. The highest BCUT2D eigenvalue weighted by molar-refractivity contribution is 6.24. The largest absolute Gasteiger partial charge is 0.416 e. The zero-order chi connectivity index (χ0) is 27.4. The number of nitrogens with one attached hydrogen (secondary N) is 1. The Morgan fingerprint density at radius 1 is 0.947 bits per heavy atom. The van der Waals surface area contributed by atoms with Gasteiger partial charge in [-0.1, -0.05) is 6.07 Å². The highest BCUT2D eigenvalue weighted by Gasteiger charge is 2.56. The molecule has 3 aromatic rings. The quantitative estimate of drug-likeness (QED) is 0.413. The van der Waals surface area contributed by atoms with Gasteiger partial charge in [-0.05, 0) is 67.1 Å². The molecule has 5 rings (SSSR count). The predicted molar refractivity (Wildman–Crippen MR) is 129 cm³/mol. The summed E-state index contributed by atoms with van der Waals surface area (Å²) in [4.78, 5) is 58.7. The molecular weight excluding hydrogens is 501 g/mol. The lowest BCUT2D eigenvalue weighted by Gasteiger charge is -2.34. The Morgan fingerprint density at radius 3 is 2.26 bits per heavy atom. The summed E-state index contributed by atoms with van der Waals surface area (Å²) in [5.74, 6) is -5.06.